The lowest BCUT2D eigenvalue weighted by atomic mass is 10.1. The average Bonchev–Trinajstić information content (AvgIpc) is 2.89. The van der Waals surface area contributed by atoms with Crippen molar-refractivity contribution in [3.8, 4) is 0 Å². The predicted octanol–water partition coefficient (Wildman–Crippen LogP) is 3.86. The van der Waals surface area contributed by atoms with E-state index < -0.39 is 5.91 Å². The summed E-state index contributed by atoms with van der Waals surface area (Å²) in [4.78, 5) is 31.4. The Morgan fingerprint density at radius 1 is 1.00 bits per heavy atom. The van der Waals surface area contributed by atoms with E-state index in [9.17, 15) is 9.59 Å². The van der Waals surface area contributed by atoms with Crippen LogP contribution in [0.1, 0.15) is 34.5 Å². The number of carbonyl (C=O) groups excluding carboxylic acids is 1. The van der Waals surface area contributed by atoms with Crippen molar-refractivity contribution in [3.05, 3.63) is 124 Å². The molecule has 7 nitrogen and oxygen atoms in total. The van der Waals surface area contributed by atoms with Gasteiger partial charge in [-0.05, 0) is 42.7 Å². The number of aromatic nitrogens is 3. The molecule has 3 heterocycles. The van der Waals surface area contributed by atoms with Crippen LogP contribution in [0, 0.1) is 5.41 Å². The summed E-state index contributed by atoms with van der Waals surface area (Å²) < 4.78 is 3.13. The number of aryl methyl sites for hydroxylation is 2. The van der Waals surface area contributed by atoms with E-state index in [2.05, 4.69) is 5.32 Å². The van der Waals surface area contributed by atoms with Crippen molar-refractivity contribution in [1.82, 2.24) is 19.3 Å². The van der Waals surface area contributed by atoms with Crippen LogP contribution in [-0.4, -0.2) is 19.9 Å². The molecule has 0 saturated heterocycles. The Morgan fingerprint density at radius 3 is 2.43 bits per heavy atom. The third-order valence-corrected chi connectivity index (χ3v) is 6.18. The van der Waals surface area contributed by atoms with Crippen molar-refractivity contribution in [2.75, 3.05) is 0 Å². The van der Waals surface area contributed by atoms with E-state index in [1.165, 1.54) is 10.5 Å². The molecule has 0 unspecified atom stereocenters. The van der Waals surface area contributed by atoms with E-state index in [1.54, 1.807) is 22.9 Å². The second-order valence-corrected chi connectivity index (χ2v) is 8.48. The van der Waals surface area contributed by atoms with Gasteiger partial charge < -0.3 is 9.88 Å². The first-order valence-electron chi connectivity index (χ1n) is 11.5. The number of nitrogens with zero attached hydrogens (tertiary/aromatic N) is 3. The Labute approximate surface area is 201 Å². The SMILES string of the molecule is C[C@H](NC(=O)c1cc2c(=O)n3ccccc3nc2n(CCc2ccccc2)c1=N)c1ccccc1. The van der Waals surface area contributed by atoms with Crippen molar-refractivity contribution in [2.24, 2.45) is 0 Å². The quantitative estimate of drug-likeness (QED) is 0.375. The Balaban J connectivity index is 1.63. The fourth-order valence-electron chi connectivity index (χ4n) is 4.26. The predicted molar refractivity (Wildman–Crippen MR) is 135 cm³/mol. The van der Waals surface area contributed by atoms with Crippen molar-refractivity contribution in [3.63, 3.8) is 0 Å². The summed E-state index contributed by atoms with van der Waals surface area (Å²) >= 11 is 0. The maximum absolute atomic E-state index is 13.4. The third-order valence-electron chi connectivity index (χ3n) is 6.18. The minimum atomic E-state index is -0.403. The number of benzene rings is 2. The molecule has 0 fully saturated rings. The molecule has 0 aliphatic rings. The monoisotopic (exact) mass is 463 g/mol. The van der Waals surface area contributed by atoms with Gasteiger partial charge in [-0.2, -0.15) is 0 Å². The van der Waals surface area contributed by atoms with Gasteiger partial charge in [-0.1, -0.05) is 66.7 Å². The van der Waals surface area contributed by atoms with Gasteiger partial charge in [-0.15, -0.1) is 0 Å². The molecule has 2 N–H and O–H groups in total. The first kappa shape index (κ1) is 22.3. The van der Waals surface area contributed by atoms with Crippen molar-refractivity contribution < 1.29 is 4.79 Å². The second kappa shape index (κ2) is 9.38. The fraction of sp³-hybridized carbons (Fsp3) is 0.143. The highest BCUT2D eigenvalue weighted by Gasteiger charge is 2.19. The largest absolute Gasteiger partial charge is 0.345 e. The molecule has 3 aromatic heterocycles. The molecular formula is C28H25N5O2. The molecule has 0 spiro atoms. The maximum Gasteiger partial charge on any atom is 0.267 e. The Hall–Kier alpha value is -4.52. The normalized spacial score (nSPS) is 12.0. The lowest BCUT2D eigenvalue weighted by molar-refractivity contribution is 0.0937. The summed E-state index contributed by atoms with van der Waals surface area (Å²) in [5, 5.41) is 12.2. The zero-order valence-electron chi connectivity index (χ0n) is 19.3. The van der Waals surface area contributed by atoms with Crippen LogP contribution in [0.2, 0.25) is 0 Å². The fourth-order valence-corrected chi connectivity index (χ4v) is 4.26. The number of nitrogens with one attached hydrogen (secondary N) is 2. The lowest BCUT2D eigenvalue weighted by Gasteiger charge is -2.17. The summed E-state index contributed by atoms with van der Waals surface area (Å²) in [6.07, 6.45) is 2.29. The topological polar surface area (TPSA) is 92.2 Å². The Morgan fingerprint density at radius 2 is 1.69 bits per heavy atom. The van der Waals surface area contributed by atoms with Crippen LogP contribution in [0.5, 0.6) is 0 Å². The molecule has 0 saturated carbocycles. The van der Waals surface area contributed by atoms with Crippen molar-refractivity contribution >= 4 is 22.6 Å². The van der Waals surface area contributed by atoms with Crippen molar-refractivity contribution in [2.45, 2.75) is 25.9 Å². The van der Waals surface area contributed by atoms with Gasteiger partial charge in [0.1, 0.15) is 16.8 Å². The molecule has 0 radical (unpaired) electrons. The highest BCUT2D eigenvalue weighted by molar-refractivity contribution is 5.97. The second-order valence-electron chi connectivity index (χ2n) is 8.48. The number of fused-ring (bicyclic) bond motifs is 2. The number of carbonyl (C=O) groups is 1. The number of hydrogen-bond acceptors (Lipinski definition) is 4. The van der Waals surface area contributed by atoms with Gasteiger partial charge in [-0.25, -0.2) is 4.98 Å². The molecule has 35 heavy (non-hydrogen) atoms. The average molecular weight is 464 g/mol. The molecule has 2 aromatic carbocycles. The van der Waals surface area contributed by atoms with Crippen LogP contribution in [0.15, 0.2) is 95.9 Å². The molecule has 174 valence electrons. The van der Waals surface area contributed by atoms with Gasteiger partial charge in [0, 0.05) is 12.7 Å². The summed E-state index contributed by atoms with van der Waals surface area (Å²) in [5.74, 6) is -0.403. The molecule has 1 amide bonds. The summed E-state index contributed by atoms with van der Waals surface area (Å²) in [6, 6.07) is 26.1. The summed E-state index contributed by atoms with van der Waals surface area (Å²) in [7, 11) is 0. The van der Waals surface area contributed by atoms with Gasteiger partial charge in [0.25, 0.3) is 11.5 Å². The summed E-state index contributed by atoms with van der Waals surface area (Å²) in [6.45, 7) is 2.30. The standard InChI is InChI=1S/C28H25N5O2/c1-19(21-12-6-3-7-13-21)30-27(34)22-18-23-26(31-24-14-8-9-16-32(24)28(23)35)33(25(22)29)17-15-20-10-4-2-5-11-20/h2-14,16,18-19,29H,15,17H2,1H3,(H,30,34)/t19-/m0/s1. The van der Waals surface area contributed by atoms with E-state index in [1.807, 2.05) is 73.7 Å². The highest BCUT2D eigenvalue weighted by Crippen LogP contribution is 2.14. The van der Waals surface area contributed by atoms with Gasteiger partial charge in [-0.3, -0.25) is 19.4 Å². The van der Waals surface area contributed by atoms with Crippen molar-refractivity contribution in [1.29, 1.82) is 5.41 Å². The molecule has 0 aliphatic heterocycles. The maximum atomic E-state index is 13.4. The first-order chi connectivity index (χ1) is 17.0. The van der Waals surface area contributed by atoms with Crippen LogP contribution < -0.4 is 16.4 Å². The molecule has 1 atom stereocenters. The lowest BCUT2D eigenvalue weighted by Crippen LogP contribution is -2.36. The van der Waals surface area contributed by atoms with E-state index >= 15 is 0 Å². The molecular weight excluding hydrogens is 438 g/mol. The van der Waals surface area contributed by atoms with Gasteiger partial charge in [0.05, 0.1) is 17.0 Å². The number of hydrogen-bond donors (Lipinski definition) is 2. The smallest absolute Gasteiger partial charge is 0.267 e. The van der Waals surface area contributed by atoms with Gasteiger partial charge in [0.15, 0.2) is 0 Å². The van der Waals surface area contributed by atoms with Crippen LogP contribution in [-0.2, 0) is 13.0 Å². The van der Waals surface area contributed by atoms with E-state index in [0.29, 0.717) is 29.6 Å². The zero-order valence-corrected chi connectivity index (χ0v) is 19.3. The molecule has 0 bridgehead atoms. The van der Waals surface area contributed by atoms with Crippen LogP contribution in [0.3, 0.4) is 0 Å². The van der Waals surface area contributed by atoms with Crippen LogP contribution in [0.25, 0.3) is 16.7 Å². The Bertz CT molecular complexity index is 1640. The molecule has 0 aliphatic carbocycles. The van der Waals surface area contributed by atoms with E-state index in [-0.39, 0.29) is 22.7 Å². The van der Waals surface area contributed by atoms with Gasteiger partial charge in [0.2, 0.25) is 0 Å². The van der Waals surface area contributed by atoms with E-state index in [4.69, 9.17) is 10.4 Å². The Kier molecular flexibility index (Phi) is 5.97. The number of amides is 1. The van der Waals surface area contributed by atoms with Crippen LogP contribution >= 0.6 is 0 Å². The number of rotatable bonds is 6. The summed E-state index contributed by atoms with van der Waals surface area (Å²) in [5.41, 5.74) is 2.84. The highest BCUT2D eigenvalue weighted by atomic mass is 16.2. The molecule has 5 aromatic rings. The third kappa shape index (κ3) is 4.36. The number of pyridine rings is 2. The molecule has 7 heteroatoms. The van der Waals surface area contributed by atoms with E-state index in [0.717, 1.165) is 11.1 Å². The van der Waals surface area contributed by atoms with Crippen LogP contribution in [0.4, 0.5) is 0 Å². The minimum Gasteiger partial charge on any atom is -0.345 e. The van der Waals surface area contributed by atoms with Gasteiger partial charge >= 0.3 is 0 Å². The first-order valence-corrected chi connectivity index (χ1v) is 11.5. The molecule has 5 rings (SSSR count). The minimum absolute atomic E-state index is 0.0263. The zero-order chi connectivity index (χ0) is 24.4.